The molecule has 0 saturated carbocycles. The number of benzene rings is 1. The molecule has 1 aromatic carbocycles. The third-order valence-electron chi connectivity index (χ3n) is 3.36. The number of allylic oxidation sites excluding steroid dienone is 3. The molecule has 0 N–H and O–H groups in total. The summed E-state index contributed by atoms with van der Waals surface area (Å²) < 4.78 is 0. The maximum atomic E-state index is 10.8. The molecule has 114 valence electrons. The van der Waals surface area contributed by atoms with Crippen LogP contribution < -0.4 is 0 Å². The molecular formula is C13H9Cl3N2O2P2. The topological polar surface area (TPSA) is 46.4 Å². The summed E-state index contributed by atoms with van der Waals surface area (Å²) in [5.41, 5.74) is 1.90. The monoisotopic (exact) mass is 392 g/mol. The van der Waals surface area contributed by atoms with Crippen LogP contribution in [0.3, 0.4) is 0 Å². The van der Waals surface area contributed by atoms with E-state index in [0.29, 0.717) is 0 Å². The maximum Gasteiger partial charge on any atom is 0.269 e. The Morgan fingerprint density at radius 3 is 2.50 bits per heavy atom. The zero-order chi connectivity index (χ0) is 15.9. The fraction of sp³-hybridized carbons (Fsp3) is 0.0769. The molecule has 1 aromatic rings. The maximum absolute atomic E-state index is 10.8. The van der Waals surface area contributed by atoms with Crippen LogP contribution in [0.25, 0.3) is 0 Å². The van der Waals surface area contributed by atoms with E-state index < -0.39 is 18.8 Å². The smallest absolute Gasteiger partial charge is 0.269 e. The molecule has 22 heavy (non-hydrogen) atoms. The summed E-state index contributed by atoms with van der Waals surface area (Å²) in [6.07, 6.45) is 7.70. The third kappa shape index (κ3) is 2.79. The zero-order valence-electron chi connectivity index (χ0n) is 10.9. The van der Waals surface area contributed by atoms with Crippen molar-refractivity contribution in [2.24, 2.45) is 0 Å². The summed E-state index contributed by atoms with van der Waals surface area (Å²) >= 11 is 19.0. The summed E-state index contributed by atoms with van der Waals surface area (Å²) in [6.45, 7) is -1.33. The van der Waals surface area contributed by atoms with Crippen molar-refractivity contribution in [2.45, 2.75) is 5.78 Å². The number of nitro groups is 1. The molecule has 2 unspecified atom stereocenters. The van der Waals surface area contributed by atoms with E-state index in [-0.39, 0.29) is 11.5 Å². The molecule has 2 heterocycles. The molecule has 4 nitrogen and oxygen atoms in total. The lowest BCUT2D eigenvalue weighted by Gasteiger charge is -2.27. The van der Waals surface area contributed by atoms with Gasteiger partial charge in [0.05, 0.1) is 23.7 Å². The normalized spacial score (nSPS) is 23.4. The predicted molar refractivity (Wildman–Crippen MR) is 94.4 cm³/mol. The van der Waals surface area contributed by atoms with Crippen molar-refractivity contribution in [1.82, 2.24) is 4.90 Å². The Bertz CT molecular complexity index is 704. The Labute approximate surface area is 144 Å². The molecule has 9 heteroatoms. The van der Waals surface area contributed by atoms with Gasteiger partial charge in [0, 0.05) is 23.4 Å². The Morgan fingerprint density at radius 1 is 1.23 bits per heavy atom. The van der Waals surface area contributed by atoms with Crippen molar-refractivity contribution in [3.05, 3.63) is 75.1 Å². The lowest BCUT2D eigenvalue weighted by atomic mass is 10.1. The van der Waals surface area contributed by atoms with E-state index in [1.165, 1.54) is 12.1 Å². The summed E-state index contributed by atoms with van der Waals surface area (Å²) in [6, 6.07) is 6.44. The number of nitrogens with zero attached hydrogens (tertiary/aromatic N) is 2. The van der Waals surface area contributed by atoms with Gasteiger partial charge in [-0.1, -0.05) is 39.8 Å². The summed E-state index contributed by atoms with van der Waals surface area (Å²) in [7, 11) is -1.11. The first kappa shape index (κ1) is 16.2. The molecular weight excluding hydrogens is 384 g/mol. The highest BCUT2D eigenvalue weighted by Crippen LogP contribution is 2.80. The minimum absolute atomic E-state index is 0.0556. The van der Waals surface area contributed by atoms with Crippen LogP contribution >= 0.6 is 47.6 Å². The standard InChI is InChI=1S/C13H9Cl3N2O2P2/c14-21-12(9-4-6-10(7-5-9)18(19)20)17-8-2-1-3-11(17)13(21)22(15)16/h1-8,12H. The number of halogens is 3. The quantitative estimate of drug-likeness (QED) is 0.331. The number of rotatable bonds is 3. The van der Waals surface area contributed by atoms with Gasteiger partial charge in [-0.15, -0.1) is 0 Å². The van der Waals surface area contributed by atoms with E-state index in [0.717, 1.165) is 16.3 Å². The van der Waals surface area contributed by atoms with Gasteiger partial charge in [0.2, 0.25) is 0 Å². The second kappa shape index (κ2) is 6.47. The minimum Gasteiger partial charge on any atom is -0.334 e. The van der Waals surface area contributed by atoms with Gasteiger partial charge in [-0.3, -0.25) is 10.1 Å². The average Bonchev–Trinajstić information content (AvgIpc) is 2.79. The highest BCUT2D eigenvalue weighted by atomic mass is 35.9. The summed E-state index contributed by atoms with van der Waals surface area (Å²) in [5.74, 6) is -0.119. The van der Waals surface area contributed by atoms with E-state index in [1.807, 2.05) is 29.3 Å². The summed E-state index contributed by atoms with van der Waals surface area (Å²) in [5, 5.41) is 11.7. The van der Waals surface area contributed by atoms with Crippen LogP contribution in [0.1, 0.15) is 11.3 Å². The number of nitro benzene ring substituents is 1. The Kier molecular flexibility index (Phi) is 4.77. The lowest BCUT2D eigenvalue weighted by Crippen LogP contribution is -2.17. The van der Waals surface area contributed by atoms with Crippen molar-refractivity contribution in [2.75, 3.05) is 0 Å². The predicted octanol–water partition coefficient (Wildman–Crippen LogP) is 6.59. The number of fused-ring (bicyclic) bond motifs is 1. The molecule has 0 amide bonds. The Balaban J connectivity index is 2.00. The van der Waals surface area contributed by atoms with Gasteiger partial charge in [0.15, 0.2) is 0 Å². The van der Waals surface area contributed by atoms with Crippen molar-refractivity contribution in [3.8, 4) is 0 Å². The largest absolute Gasteiger partial charge is 0.334 e. The fourth-order valence-corrected chi connectivity index (χ4v) is 9.42. The number of non-ortho nitro benzene ring substituents is 1. The Morgan fingerprint density at radius 2 is 1.91 bits per heavy atom. The van der Waals surface area contributed by atoms with Gasteiger partial charge >= 0.3 is 0 Å². The molecule has 0 bridgehead atoms. The van der Waals surface area contributed by atoms with E-state index in [1.54, 1.807) is 12.1 Å². The van der Waals surface area contributed by atoms with Gasteiger partial charge < -0.3 is 4.90 Å². The molecule has 0 radical (unpaired) electrons. The van der Waals surface area contributed by atoms with Gasteiger partial charge in [0.1, 0.15) is 6.63 Å². The van der Waals surface area contributed by atoms with E-state index in [9.17, 15) is 10.1 Å². The number of hydrogen-bond donors (Lipinski definition) is 0. The highest BCUT2D eigenvalue weighted by Gasteiger charge is 2.42. The van der Waals surface area contributed by atoms with Crippen LogP contribution in [0.4, 0.5) is 5.69 Å². The minimum atomic E-state index is -1.33. The molecule has 3 rings (SSSR count). The van der Waals surface area contributed by atoms with Crippen LogP contribution in [0.15, 0.2) is 59.4 Å². The first-order valence-corrected chi connectivity index (χ1v) is 11.7. The number of hydrogen-bond acceptors (Lipinski definition) is 3. The SMILES string of the molecule is O=[N+]([O-])c1ccc(C2N3C=CC=CC3=C(P(Cl)Cl)P2Cl)cc1. The summed E-state index contributed by atoms with van der Waals surface area (Å²) in [4.78, 5) is 12.4. The molecule has 0 saturated heterocycles. The second-order valence-electron chi connectivity index (χ2n) is 4.58. The molecule has 0 fully saturated rings. The van der Waals surface area contributed by atoms with Gasteiger partial charge in [-0.05, 0) is 29.8 Å². The van der Waals surface area contributed by atoms with Crippen molar-refractivity contribution in [3.63, 3.8) is 0 Å². The van der Waals surface area contributed by atoms with Crippen LogP contribution in [0.5, 0.6) is 0 Å². The first-order valence-electron chi connectivity index (χ1n) is 6.19. The van der Waals surface area contributed by atoms with Crippen molar-refractivity contribution in [1.29, 1.82) is 0 Å². The molecule has 0 spiro atoms. The van der Waals surface area contributed by atoms with E-state index in [2.05, 4.69) is 0 Å². The van der Waals surface area contributed by atoms with Crippen LogP contribution in [-0.4, -0.2) is 9.82 Å². The Hall–Kier alpha value is -0.630. The molecule has 2 aliphatic heterocycles. The third-order valence-corrected chi connectivity index (χ3v) is 9.90. The molecule has 2 atom stereocenters. The first-order chi connectivity index (χ1) is 10.5. The molecule has 2 aliphatic rings. The van der Waals surface area contributed by atoms with E-state index in [4.69, 9.17) is 33.7 Å². The van der Waals surface area contributed by atoms with Gasteiger partial charge in [-0.2, -0.15) is 0 Å². The molecule has 0 aromatic heterocycles. The second-order valence-corrected chi connectivity index (χ2v) is 11.0. The van der Waals surface area contributed by atoms with Gasteiger partial charge in [0.25, 0.3) is 5.69 Å². The fourth-order valence-electron chi connectivity index (χ4n) is 2.41. The van der Waals surface area contributed by atoms with Crippen LogP contribution in [-0.2, 0) is 0 Å². The highest BCUT2D eigenvalue weighted by molar-refractivity contribution is 8.15. The van der Waals surface area contributed by atoms with E-state index >= 15 is 0 Å². The lowest BCUT2D eigenvalue weighted by molar-refractivity contribution is -0.384. The molecule has 0 aliphatic carbocycles. The van der Waals surface area contributed by atoms with Crippen LogP contribution in [0, 0.1) is 10.1 Å². The van der Waals surface area contributed by atoms with Gasteiger partial charge in [-0.25, -0.2) is 0 Å². The average molecular weight is 394 g/mol. The van der Waals surface area contributed by atoms with Crippen molar-refractivity contribution < 1.29 is 4.92 Å². The van der Waals surface area contributed by atoms with Crippen LogP contribution in [0.2, 0.25) is 0 Å². The zero-order valence-corrected chi connectivity index (χ0v) is 15.0. The van der Waals surface area contributed by atoms with Crippen molar-refractivity contribution >= 4 is 53.3 Å².